The van der Waals surface area contributed by atoms with E-state index in [0.29, 0.717) is 39.6 Å². The zero-order valence-electron chi connectivity index (χ0n) is 23.0. The van der Waals surface area contributed by atoms with E-state index >= 15 is 0 Å². The third kappa shape index (κ3) is 4.72. The van der Waals surface area contributed by atoms with Gasteiger partial charge in [0.05, 0.1) is 19.4 Å². The molecule has 0 saturated heterocycles. The summed E-state index contributed by atoms with van der Waals surface area (Å²) in [5, 5.41) is 0.319. The summed E-state index contributed by atoms with van der Waals surface area (Å²) in [5.41, 5.74) is 5.82. The Balaban J connectivity index is 1.67. The predicted octanol–water partition coefficient (Wildman–Crippen LogP) is 5.91. The fourth-order valence-corrected chi connectivity index (χ4v) is 7.17. The first-order chi connectivity index (χ1) is 20.0. The van der Waals surface area contributed by atoms with Crippen LogP contribution in [0.3, 0.4) is 0 Å². The molecule has 1 heterocycles. The molecule has 5 rings (SSSR count). The van der Waals surface area contributed by atoms with Gasteiger partial charge in [0, 0.05) is 16.1 Å². The second-order valence-corrected chi connectivity index (χ2v) is 11.7. The van der Waals surface area contributed by atoms with Crippen molar-refractivity contribution in [3.05, 3.63) is 101 Å². The van der Waals surface area contributed by atoms with Crippen LogP contribution in [0.4, 0.5) is 10.5 Å². The topological polar surface area (TPSA) is 125 Å². The molecule has 0 aliphatic carbocycles. The molecule has 0 radical (unpaired) electrons. The number of amides is 2. The molecule has 2 amide bonds. The lowest BCUT2D eigenvalue weighted by atomic mass is 9.77. The van der Waals surface area contributed by atoms with E-state index in [1.807, 2.05) is 6.92 Å². The van der Waals surface area contributed by atoms with Gasteiger partial charge in [-0.1, -0.05) is 54.1 Å². The number of sulfonamides is 1. The second kappa shape index (κ2) is 11.0. The molecule has 1 unspecified atom stereocenters. The third-order valence-electron chi connectivity index (χ3n) is 7.15. The molecule has 42 heavy (non-hydrogen) atoms. The average Bonchev–Trinajstić information content (AvgIpc) is 3.20. The van der Waals surface area contributed by atoms with Gasteiger partial charge in [0.1, 0.15) is 27.6 Å². The summed E-state index contributed by atoms with van der Waals surface area (Å²) in [5.74, 6) is -0.0501. The highest BCUT2D eigenvalue weighted by Gasteiger charge is 2.54. The number of halogens is 1. The maximum absolute atomic E-state index is 14.3. The lowest BCUT2D eigenvalue weighted by Crippen LogP contribution is -2.42. The summed E-state index contributed by atoms with van der Waals surface area (Å²) in [6, 6.07) is 22.7. The van der Waals surface area contributed by atoms with Crippen molar-refractivity contribution in [3.63, 3.8) is 0 Å². The number of rotatable bonds is 8. The second-order valence-electron chi connectivity index (χ2n) is 9.57. The monoisotopic (exact) mass is 606 g/mol. The van der Waals surface area contributed by atoms with Gasteiger partial charge in [-0.2, -0.15) is 0 Å². The standard InChI is InChI=1S/C31H27ClN2O7S/c1-4-40-20-14-15-25-23(18-20)31(2,22-10-6-7-11-24(22)32)29(35)34(25)42(37,38)28-16-13-19(17-27(28)39-3)21-9-5-8-12-26(21)41-30(33)36/h5-18H,4H2,1-3H3,(H2,33,36). The number of carbonyl (C=O) groups excluding carboxylic acids is 2. The van der Waals surface area contributed by atoms with Gasteiger partial charge < -0.3 is 19.9 Å². The number of nitrogens with two attached hydrogens (primary N) is 1. The van der Waals surface area contributed by atoms with E-state index in [2.05, 4.69) is 0 Å². The van der Waals surface area contributed by atoms with Gasteiger partial charge in [-0.05, 0) is 67.4 Å². The fraction of sp³-hybridized carbons (Fsp3) is 0.161. The SMILES string of the molecule is CCOc1ccc2c(c1)C(C)(c1ccccc1Cl)C(=O)N2S(=O)(=O)c1ccc(-c2ccccc2OC(N)=O)cc1OC. The lowest BCUT2D eigenvalue weighted by Gasteiger charge is -2.26. The molecule has 0 fully saturated rings. The summed E-state index contributed by atoms with van der Waals surface area (Å²) < 4.78 is 45.8. The zero-order valence-corrected chi connectivity index (χ0v) is 24.5. The normalized spacial score (nSPS) is 16.2. The molecular formula is C31H27ClN2O7S. The van der Waals surface area contributed by atoms with Crippen LogP contribution in [-0.2, 0) is 20.2 Å². The van der Waals surface area contributed by atoms with Gasteiger partial charge in [-0.3, -0.25) is 4.79 Å². The first-order valence-corrected chi connectivity index (χ1v) is 14.7. The maximum Gasteiger partial charge on any atom is 0.409 e. The van der Waals surface area contributed by atoms with Gasteiger partial charge in [0.15, 0.2) is 0 Å². The number of benzene rings is 4. The zero-order chi connectivity index (χ0) is 30.2. The summed E-state index contributed by atoms with van der Waals surface area (Å²) in [6.07, 6.45) is -0.992. The molecule has 2 N–H and O–H groups in total. The molecular weight excluding hydrogens is 580 g/mol. The highest BCUT2D eigenvalue weighted by Crippen LogP contribution is 2.51. The molecule has 0 saturated carbocycles. The molecule has 4 aromatic carbocycles. The number of para-hydroxylation sites is 1. The number of anilines is 1. The number of primary amides is 1. The van der Waals surface area contributed by atoms with Crippen molar-refractivity contribution in [1.82, 2.24) is 0 Å². The van der Waals surface area contributed by atoms with E-state index in [0.717, 1.165) is 4.31 Å². The highest BCUT2D eigenvalue weighted by molar-refractivity contribution is 7.93. The van der Waals surface area contributed by atoms with Gasteiger partial charge in [-0.25, -0.2) is 17.5 Å². The molecule has 1 aliphatic rings. The predicted molar refractivity (Wildman–Crippen MR) is 159 cm³/mol. The Labute approximate surface area is 248 Å². The van der Waals surface area contributed by atoms with Gasteiger partial charge in [0.25, 0.3) is 15.9 Å². The van der Waals surface area contributed by atoms with Crippen LogP contribution >= 0.6 is 11.6 Å². The van der Waals surface area contributed by atoms with Crippen molar-refractivity contribution < 1.29 is 32.2 Å². The number of fused-ring (bicyclic) bond motifs is 1. The Morgan fingerprint density at radius 2 is 1.67 bits per heavy atom. The highest BCUT2D eigenvalue weighted by atomic mass is 35.5. The van der Waals surface area contributed by atoms with E-state index in [4.69, 9.17) is 31.5 Å². The minimum Gasteiger partial charge on any atom is -0.495 e. The Morgan fingerprint density at radius 3 is 2.36 bits per heavy atom. The first kappa shape index (κ1) is 29.0. The van der Waals surface area contributed by atoms with Crippen molar-refractivity contribution in [2.45, 2.75) is 24.2 Å². The van der Waals surface area contributed by atoms with E-state index in [1.165, 1.54) is 25.3 Å². The van der Waals surface area contributed by atoms with Crippen LogP contribution in [0, 0.1) is 0 Å². The summed E-state index contributed by atoms with van der Waals surface area (Å²) >= 11 is 6.56. The largest absolute Gasteiger partial charge is 0.495 e. The molecule has 4 aromatic rings. The van der Waals surface area contributed by atoms with Crippen molar-refractivity contribution in [2.75, 3.05) is 18.0 Å². The Hall–Kier alpha value is -4.54. The molecule has 1 aliphatic heterocycles. The first-order valence-electron chi connectivity index (χ1n) is 12.9. The van der Waals surface area contributed by atoms with E-state index in [9.17, 15) is 18.0 Å². The number of carbonyl (C=O) groups is 2. The Morgan fingerprint density at radius 1 is 0.952 bits per heavy atom. The summed E-state index contributed by atoms with van der Waals surface area (Å²) in [7, 11) is -3.19. The van der Waals surface area contributed by atoms with E-state index < -0.39 is 27.4 Å². The van der Waals surface area contributed by atoms with Gasteiger partial charge >= 0.3 is 6.09 Å². The summed E-state index contributed by atoms with van der Waals surface area (Å²) in [4.78, 5) is 25.5. The van der Waals surface area contributed by atoms with Crippen molar-refractivity contribution in [3.8, 4) is 28.4 Å². The summed E-state index contributed by atoms with van der Waals surface area (Å²) in [6.45, 7) is 3.86. The molecule has 0 aromatic heterocycles. The van der Waals surface area contributed by atoms with Crippen molar-refractivity contribution in [2.24, 2.45) is 5.73 Å². The minimum absolute atomic E-state index is 0.0204. The lowest BCUT2D eigenvalue weighted by molar-refractivity contribution is -0.120. The molecule has 0 spiro atoms. The smallest absolute Gasteiger partial charge is 0.409 e. The van der Waals surface area contributed by atoms with Gasteiger partial charge in [-0.15, -0.1) is 0 Å². The Bertz CT molecular complexity index is 1830. The maximum atomic E-state index is 14.3. The van der Waals surface area contributed by atoms with Crippen LogP contribution in [0.1, 0.15) is 25.0 Å². The van der Waals surface area contributed by atoms with Crippen molar-refractivity contribution in [1.29, 1.82) is 0 Å². The number of nitrogens with zero attached hydrogens (tertiary/aromatic N) is 1. The van der Waals surface area contributed by atoms with Crippen molar-refractivity contribution >= 4 is 39.3 Å². The fourth-order valence-electron chi connectivity index (χ4n) is 5.19. The quantitative estimate of drug-likeness (QED) is 0.264. The number of methoxy groups -OCH3 is 1. The van der Waals surface area contributed by atoms with Gasteiger partial charge in [0.2, 0.25) is 0 Å². The number of hydrogen-bond acceptors (Lipinski definition) is 7. The molecule has 1 atom stereocenters. The van der Waals surface area contributed by atoms with Crippen LogP contribution in [0.25, 0.3) is 11.1 Å². The average molecular weight is 607 g/mol. The van der Waals surface area contributed by atoms with Crippen LogP contribution in [-0.4, -0.2) is 34.1 Å². The van der Waals surface area contributed by atoms with Crippen LogP contribution in [0.2, 0.25) is 5.02 Å². The van der Waals surface area contributed by atoms with Crippen LogP contribution in [0.15, 0.2) is 89.8 Å². The molecule has 0 bridgehead atoms. The molecule has 216 valence electrons. The molecule has 9 nitrogen and oxygen atoms in total. The van der Waals surface area contributed by atoms with E-state index in [1.54, 1.807) is 73.7 Å². The number of ether oxygens (including phenoxy) is 3. The van der Waals surface area contributed by atoms with E-state index in [-0.39, 0.29) is 22.1 Å². The van der Waals surface area contributed by atoms with Crippen LogP contribution in [0.5, 0.6) is 17.2 Å². The minimum atomic E-state index is -4.52. The third-order valence-corrected chi connectivity index (χ3v) is 9.22. The molecule has 11 heteroatoms. The number of hydrogen-bond donors (Lipinski definition) is 1. The van der Waals surface area contributed by atoms with Crippen LogP contribution < -0.4 is 24.2 Å². The Kier molecular flexibility index (Phi) is 7.61.